The zero-order chi connectivity index (χ0) is 8.69. The highest BCUT2D eigenvalue weighted by Gasteiger charge is 2.09. The highest BCUT2D eigenvalue weighted by molar-refractivity contribution is 5.67. The quantitative estimate of drug-likeness (QED) is 0.648. The van der Waals surface area contributed by atoms with E-state index in [0.29, 0.717) is 19.6 Å². The molecule has 0 aliphatic rings. The summed E-state index contributed by atoms with van der Waals surface area (Å²) in [5.74, 6) is 0. The third-order valence-electron chi connectivity index (χ3n) is 1.45. The molecule has 0 spiro atoms. The lowest BCUT2D eigenvalue weighted by molar-refractivity contribution is 0.125. The SMILES string of the molecule is CCN(CCCN)C(=O)OC. The zero-order valence-corrected chi connectivity index (χ0v) is 7.17. The number of ether oxygens (including phenoxy) is 1. The van der Waals surface area contributed by atoms with Crippen LogP contribution in [0.2, 0.25) is 0 Å². The average Bonchev–Trinajstić information content (AvgIpc) is 2.05. The van der Waals surface area contributed by atoms with Crippen molar-refractivity contribution in [1.82, 2.24) is 4.90 Å². The Morgan fingerprint density at radius 3 is 2.64 bits per heavy atom. The number of hydrogen-bond donors (Lipinski definition) is 1. The van der Waals surface area contributed by atoms with E-state index < -0.39 is 0 Å². The van der Waals surface area contributed by atoms with Gasteiger partial charge >= 0.3 is 6.09 Å². The monoisotopic (exact) mass is 160 g/mol. The maximum Gasteiger partial charge on any atom is 0.409 e. The predicted octanol–water partition coefficient (Wildman–Crippen LogP) is 0.424. The van der Waals surface area contributed by atoms with Crippen LogP contribution in [0.15, 0.2) is 0 Å². The minimum Gasteiger partial charge on any atom is -0.453 e. The second kappa shape index (κ2) is 5.97. The molecule has 2 N–H and O–H groups in total. The molecule has 0 aliphatic heterocycles. The Labute approximate surface area is 67.3 Å². The zero-order valence-electron chi connectivity index (χ0n) is 7.17. The fourth-order valence-electron chi connectivity index (χ4n) is 0.790. The van der Waals surface area contributed by atoms with Crippen LogP contribution < -0.4 is 5.73 Å². The molecule has 0 heterocycles. The summed E-state index contributed by atoms with van der Waals surface area (Å²) < 4.78 is 4.55. The van der Waals surface area contributed by atoms with Crippen molar-refractivity contribution in [1.29, 1.82) is 0 Å². The van der Waals surface area contributed by atoms with Crippen LogP contribution in [0.5, 0.6) is 0 Å². The molecule has 0 saturated heterocycles. The molecule has 0 radical (unpaired) electrons. The first-order valence-corrected chi connectivity index (χ1v) is 3.79. The van der Waals surface area contributed by atoms with Gasteiger partial charge in [-0.05, 0) is 19.9 Å². The van der Waals surface area contributed by atoms with Gasteiger partial charge in [0.25, 0.3) is 0 Å². The van der Waals surface area contributed by atoms with Crippen LogP contribution in [0.3, 0.4) is 0 Å². The Balaban J connectivity index is 3.65. The summed E-state index contributed by atoms with van der Waals surface area (Å²) in [5.41, 5.74) is 5.29. The van der Waals surface area contributed by atoms with Crippen molar-refractivity contribution in [2.24, 2.45) is 5.73 Å². The van der Waals surface area contributed by atoms with Crippen LogP contribution in [-0.2, 0) is 4.74 Å². The van der Waals surface area contributed by atoms with E-state index in [1.807, 2.05) is 6.92 Å². The number of hydrogen-bond acceptors (Lipinski definition) is 3. The standard InChI is InChI=1S/C7H16N2O2/c1-3-9(6-4-5-8)7(10)11-2/h3-6,8H2,1-2H3. The fraction of sp³-hybridized carbons (Fsp3) is 0.857. The van der Waals surface area contributed by atoms with Gasteiger partial charge < -0.3 is 15.4 Å². The van der Waals surface area contributed by atoms with Gasteiger partial charge in [-0.2, -0.15) is 0 Å². The van der Waals surface area contributed by atoms with Gasteiger partial charge in [-0.25, -0.2) is 4.79 Å². The molecule has 4 heteroatoms. The topological polar surface area (TPSA) is 55.6 Å². The van der Waals surface area contributed by atoms with Crippen LogP contribution in [0.4, 0.5) is 4.79 Å². The lowest BCUT2D eigenvalue weighted by atomic mass is 10.4. The first-order valence-electron chi connectivity index (χ1n) is 3.79. The van der Waals surface area contributed by atoms with Crippen molar-refractivity contribution in [3.05, 3.63) is 0 Å². The Morgan fingerprint density at radius 1 is 1.64 bits per heavy atom. The number of nitrogens with zero attached hydrogens (tertiary/aromatic N) is 1. The lowest BCUT2D eigenvalue weighted by Gasteiger charge is -2.18. The van der Waals surface area contributed by atoms with Gasteiger partial charge in [0, 0.05) is 13.1 Å². The minimum absolute atomic E-state index is 0.277. The van der Waals surface area contributed by atoms with Crippen LogP contribution in [0.1, 0.15) is 13.3 Å². The summed E-state index contributed by atoms with van der Waals surface area (Å²) in [6, 6.07) is 0. The Hall–Kier alpha value is -0.770. The van der Waals surface area contributed by atoms with Crippen molar-refractivity contribution in [2.45, 2.75) is 13.3 Å². The molecular formula is C7H16N2O2. The van der Waals surface area contributed by atoms with E-state index in [1.165, 1.54) is 7.11 Å². The summed E-state index contributed by atoms with van der Waals surface area (Å²) in [4.78, 5) is 12.5. The number of amides is 1. The first kappa shape index (κ1) is 10.2. The van der Waals surface area contributed by atoms with E-state index in [2.05, 4.69) is 4.74 Å². The van der Waals surface area contributed by atoms with Crippen molar-refractivity contribution < 1.29 is 9.53 Å². The van der Waals surface area contributed by atoms with Crippen molar-refractivity contribution in [3.63, 3.8) is 0 Å². The smallest absolute Gasteiger partial charge is 0.409 e. The van der Waals surface area contributed by atoms with Crippen molar-refractivity contribution in [2.75, 3.05) is 26.7 Å². The fourth-order valence-corrected chi connectivity index (χ4v) is 0.790. The molecule has 4 nitrogen and oxygen atoms in total. The van der Waals surface area contributed by atoms with E-state index in [0.717, 1.165) is 6.42 Å². The van der Waals surface area contributed by atoms with E-state index >= 15 is 0 Å². The van der Waals surface area contributed by atoms with Gasteiger partial charge in [0.2, 0.25) is 0 Å². The predicted molar refractivity (Wildman–Crippen MR) is 43.3 cm³/mol. The highest BCUT2D eigenvalue weighted by atomic mass is 16.5. The largest absolute Gasteiger partial charge is 0.453 e. The Kier molecular flexibility index (Phi) is 5.56. The second-order valence-corrected chi connectivity index (χ2v) is 2.19. The summed E-state index contributed by atoms with van der Waals surface area (Å²) >= 11 is 0. The summed E-state index contributed by atoms with van der Waals surface area (Å²) in [5, 5.41) is 0. The van der Waals surface area contributed by atoms with Crippen LogP contribution in [0, 0.1) is 0 Å². The molecule has 11 heavy (non-hydrogen) atoms. The molecule has 0 bridgehead atoms. The minimum atomic E-state index is -0.277. The van der Waals surface area contributed by atoms with Gasteiger partial charge in [0.1, 0.15) is 0 Å². The number of rotatable bonds is 4. The second-order valence-electron chi connectivity index (χ2n) is 2.19. The molecule has 1 amide bonds. The first-order chi connectivity index (χ1) is 5.26. The van der Waals surface area contributed by atoms with E-state index in [-0.39, 0.29) is 6.09 Å². The molecule has 0 aromatic rings. The van der Waals surface area contributed by atoms with Crippen molar-refractivity contribution in [3.8, 4) is 0 Å². The van der Waals surface area contributed by atoms with Gasteiger partial charge in [-0.3, -0.25) is 0 Å². The highest BCUT2D eigenvalue weighted by Crippen LogP contribution is 1.93. The molecule has 0 rings (SSSR count). The normalized spacial score (nSPS) is 9.36. The Bertz CT molecular complexity index is 117. The number of carbonyl (C=O) groups is 1. The molecular weight excluding hydrogens is 144 g/mol. The third kappa shape index (κ3) is 3.83. The van der Waals surface area contributed by atoms with Crippen LogP contribution >= 0.6 is 0 Å². The van der Waals surface area contributed by atoms with Gasteiger partial charge in [0.05, 0.1) is 7.11 Å². The molecule has 0 aromatic heterocycles. The molecule has 0 unspecified atom stereocenters. The summed E-state index contributed by atoms with van der Waals surface area (Å²) in [7, 11) is 1.38. The lowest BCUT2D eigenvalue weighted by Crippen LogP contribution is -2.32. The average molecular weight is 160 g/mol. The molecule has 0 aliphatic carbocycles. The van der Waals surface area contributed by atoms with Gasteiger partial charge in [0.15, 0.2) is 0 Å². The molecule has 66 valence electrons. The van der Waals surface area contributed by atoms with Crippen molar-refractivity contribution >= 4 is 6.09 Å². The Morgan fingerprint density at radius 2 is 2.27 bits per heavy atom. The van der Waals surface area contributed by atoms with Gasteiger partial charge in [-0.15, -0.1) is 0 Å². The molecule has 0 atom stereocenters. The summed E-state index contributed by atoms with van der Waals surface area (Å²) in [6.07, 6.45) is 0.545. The maximum absolute atomic E-state index is 10.9. The maximum atomic E-state index is 10.9. The van der Waals surface area contributed by atoms with E-state index in [4.69, 9.17) is 5.73 Å². The van der Waals surface area contributed by atoms with Crippen LogP contribution in [-0.4, -0.2) is 37.7 Å². The number of carbonyl (C=O) groups excluding carboxylic acids is 1. The summed E-state index contributed by atoms with van der Waals surface area (Å²) in [6.45, 7) is 3.87. The third-order valence-corrected chi connectivity index (χ3v) is 1.45. The number of nitrogens with two attached hydrogens (primary N) is 1. The number of methoxy groups -OCH3 is 1. The molecule has 0 saturated carbocycles. The van der Waals surface area contributed by atoms with Gasteiger partial charge in [-0.1, -0.05) is 0 Å². The molecule has 0 aromatic carbocycles. The molecule has 0 fully saturated rings. The van der Waals surface area contributed by atoms with E-state index in [1.54, 1.807) is 4.90 Å². The van der Waals surface area contributed by atoms with Crippen LogP contribution in [0.25, 0.3) is 0 Å². The van der Waals surface area contributed by atoms with E-state index in [9.17, 15) is 4.79 Å².